The predicted octanol–water partition coefficient (Wildman–Crippen LogP) is 3.61. The SMILES string of the molecule is CCNC(=O)[C@@]1(C)CC(C)(C)CCC1C(C)C. The van der Waals surface area contributed by atoms with Gasteiger partial charge in [0, 0.05) is 12.0 Å². The monoisotopic (exact) mass is 239 g/mol. The maximum Gasteiger partial charge on any atom is 0.226 e. The molecule has 0 spiro atoms. The molecule has 1 fully saturated rings. The molecule has 1 saturated carbocycles. The topological polar surface area (TPSA) is 29.1 Å². The average Bonchev–Trinajstić information content (AvgIpc) is 2.15. The largest absolute Gasteiger partial charge is 0.356 e. The van der Waals surface area contributed by atoms with Crippen LogP contribution in [0.15, 0.2) is 0 Å². The maximum absolute atomic E-state index is 12.4. The highest BCUT2D eigenvalue weighted by atomic mass is 16.2. The molecule has 17 heavy (non-hydrogen) atoms. The fourth-order valence-electron chi connectivity index (χ4n) is 3.76. The predicted molar refractivity (Wildman–Crippen MR) is 72.8 cm³/mol. The first-order valence-corrected chi connectivity index (χ1v) is 7.01. The molecule has 100 valence electrons. The highest BCUT2D eigenvalue weighted by Gasteiger charge is 2.48. The number of carbonyl (C=O) groups is 1. The van der Waals surface area contributed by atoms with Gasteiger partial charge in [-0.05, 0) is 43.4 Å². The van der Waals surface area contributed by atoms with Gasteiger partial charge < -0.3 is 5.32 Å². The zero-order chi connectivity index (χ0) is 13.3. The van der Waals surface area contributed by atoms with Gasteiger partial charge in [-0.25, -0.2) is 0 Å². The lowest BCUT2D eigenvalue weighted by Crippen LogP contribution is -2.50. The van der Waals surface area contributed by atoms with E-state index in [1.54, 1.807) is 0 Å². The van der Waals surface area contributed by atoms with Gasteiger partial charge in [0.25, 0.3) is 0 Å². The third kappa shape index (κ3) is 3.02. The highest BCUT2D eigenvalue weighted by molar-refractivity contribution is 5.82. The zero-order valence-electron chi connectivity index (χ0n) is 12.4. The molecule has 2 nitrogen and oxygen atoms in total. The second kappa shape index (κ2) is 4.99. The Balaban J connectivity index is 2.97. The standard InChI is InChI=1S/C15H29NO/c1-7-16-13(17)15(6)10-14(4,5)9-8-12(15)11(2)3/h11-12H,7-10H2,1-6H3,(H,16,17)/t12?,15-/m0/s1. The molecule has 2 heteroatoms. The van der Waals surface area contributed by atoms with Gasteiger partial charge in [-0.3, -0.25) is 4.79 Å². The second-order valence-electron chi connectivity index (χ2n) is 7.01. The van der Waals surface area contributed by atoms with Gasteiger partial charge in [0.15, 0.2) is 0 Å². The van der Waals surface area contributed by atoms with Crippen LogP contribution < -0.4 is 5.32 Å². The molecule has 1 amide bonds. The van der Waals surface area contributed by atoms with Crippen molar-refractivity contribution < 1.29 is 4.79 Å². The molecular formula is C15H29NO. The molecule has 1 rings (SSSR count). The Morgan fingerprint density at radius 3 is 2.41 bits per heavy atom. The molecule has 0 aromatic carbocycles. The summed E-state index contributed by atoms with van der Waals surface area (Å²) in [5, 5.41) is 3.04. The van der Waals surface area contributed by atoms with E-state index in [9.17, 15) is 4.79 Å². The van der Waals surface area contributed by atoms with Crippen LogP contribution in [-0.2, 0) is 4.79 Å². The van der Waals surface area contributed by atoms with Gasteiger partial charge in [0.2, 0.25) is 5.91 Å². The van der Waals surface area contributed by atoms with Crippen LogP contribution in [0.3, 0.4) is 0 Å². The van der Waals surface area contributed by atoms with Crippen LogP contribution in [-0.4, -0.2) is 12.5 Å². The molecule has 1 N–H and O–H groups in total. The Kier molecular flexibility index (Phi) is 4.27. The maximum atomic E-state index is 12.4. The molecule has 0 aliphatic heterocycles. The third-order valence-electron chi connectivity index (χ3n) is 4.46. The zero-order valence-corrected chi connectivity index (χ0v) is 12.4. The Hall–Kier alpha value is -0.530. The van der Waals surface area contributed by atoms with Gasteiger partial charge in [-0.2, -0.15) is 0 Å². The Bertz CT molecular complexity index is 283. The lowest BCUT2D eigenvalue weighted by atomic mass is 9.56. The van der Waals surface area contributed by atoms with Gasteiger partial charge in [0.1, 0.15) is 0 Å². The molecule has 0 saturated heterocycles. The second-order valence-corrected chi connectivity index (χ2v) is 7.01. The Morgan fingerprint density at radius 1 is 1.35 bits per heavy atom. The minimum absolute atomic E-state index is 0.189. The van der Waals surface area contributed by atoms with Crippen LogP contribution in [0.5, 0.6) is 0 Å². The van der Waals surface area contributed by atoms with E-state index < -0.39 is 0 Å². The summed E-state index contributed by atoms with van der Waals surface area (Å²) >= 11 is 0. The average molecular weight is 239 g/mol. The lowest BCUT2D eigenvalue weighted by molar-refractivity contribution is -0.140. The summed E-state index contributed by atoms with van der Waals surface area (Å²) in [6, 6.07) is 0. The Labute approximate surface area is 107 Å². The van der Waals surface area contributed by atoms with E-state index in [1.807, 2.05) is 6.92 Å². The number of amides is 1. The minimum atomic E-state index is -0.189. The van der Waals surface area contributed by atoms with Crippen LogP contribution in [0.1, 0.15) is 60.8 Å². The van der Waals surface area contributed by atoms with E-state index in [0.717, 1.165) is 13.0 Å². The van der Waals surface area contributed by atoms with Crippen LogP contribution >= 0.6 is 0 Å². The van der Waals surface area contributed by atoms with Crippen LogP contribution in [0.2, 0.25) is 0 Å². The highest BCUT2D eigenvalue weighted by Crippen LogP contribution is 2.51. The summed E-state index contributed by atoms with van der Waals surface area (Å²) in [4.78, 5) is 12.4. The summed E-state index contributed by atoms with van der Waals surface area (Å²) in [5.74, 6) is 1.35. The van der Waals surface area contributed by atoms with E-state index in [2.05, 4.69) is 39.9 Å². The molecule has 0 radical (unpaired) electrons. The van der Waals surface area contributed by atoms with E-state index in [4.69, 9.17) is 0 Å². The van der Waals surface area contributed by atoms with Gasteiger partial charge in [-0.1, -0.05) is 34.6 Å². The summed E-state index contributed by atoms with van der Waals surface area (Å²) in [6.07, 6.45) is 3.43. The van der Waals surface area contributed by atoms with Crippen molar-refractivity contribution in [3.63, 3.8) is 0 Å². The van der Waals surface area contributed by atoms with Crippen molar-refractivity contribution in [3.8, 4) is 0 Å². The number of hydrogen-bond acceptors (Lipinski definition) is 1. The quantitative estimate of drug-likeness (QED) is 0.801. The number of hydrogen-bond donors (Lipinski definition) is 1. The van der Waals surface area contributed by atoms with Crippen molar-refractivity contribution in [3.05, 3.63) is 0 Å². The first kappa shape index (κ1) is 14.5. The minimum Gasteiger partial charge on any atom is -0.356 e. The molecule has 1 aliphatic carbocycles. The van der Waals surface area contributed by atoms with Gasteiger partial charge >= 0.3 is 0 Å². The number of carbonyl (C=O) groups excluding carboxylic acids is 1. The Morgan fingerprint density at radius 2 is 1.94 bits per heavy atom. The van der Waals surface area contributed by atoms with Crippen LogP contribution in [0.25, 0.3) is 0 Å². The number of rotatable bonds is 3. The molecular weight excluding hydrogens is 210 g/mol. The lowest BCUT2D eigenvalue weighted by Gasteiger charge is -2.48. The van der Waals surface area contributed by atoms with Crippen LogP contribution in [0, 0.1) is 22.7 Å². The van der Waals surface area contributed by atoms with Crippen molar-refractivity contribution in [1.29, 1.82) is 0 Å². The van der Waals surface area contributed by atoms with E-state index in [1.165, 1.54) is 12.8 Å². The summed E-state index contributed by atoms with van der Waals surface area (Å²) in [7, 11) is 0. The normalized spacial score (nSPS) is 32.5. The van der Waals surface area contributed by atoms with E-state index in [0.29, 0.717) is 17.3 Å². The van der Waals surface area contributed by atoms with Gasteiger partial charge in [0.05, 0.1) is 0 Å². The molecule has 2 atom stereocenters. The third-order valence-corrected chi connectivity index (χ3v) is 4.46. The van der Waals surface area contributed by atoms with Crippen molar-refractivity contribution in [2.45, 2.75) is 60.8 Å². The van der Waals surface area contributed by atoms with Crippen molar-refractivity contribution in [2.24, 2.45) is 22.7 Å². The first-order chi connectivity index (χ1) is 7.73. The smallest absolute Gasteiger partial charge is 0.226 e. The van der Waals surface area contributed by atoms with Crippen molar-refractivity contribution in [2.75, 3.05) is 6.54 Å². The summed E-state index contributed by atoms with van der Waals surface area (Å²) < 4.78 is 0. The first-order valence-electron chi connectivity index (χ1n) is 7.01. The van der Waals surface area contributed by atoms with Crippen molar-refractivity contribution >= 4 is 5.91 Å². The van der Waals surface area contributed by atoms with E-state index >= 15 is 0 Å². The molecule has 1 aliphatic rings. The molecule has 1 unspecified atom stereocenters. The molecule has 0 bridgehead atoms. The molecule has 0 aromatic rings. The molecule has 0 heterocycles. The summed E-state index contributed by atoms with van der Waals surface area (Å²) in [6.45, 7) is 14.0. The van der Waals surface area contributed by atoms with E-state index in [-0.39, 0.29) is 11.3 Å². The van der Waals surface area contributed by atoms with Crippen molar-refractivity contribution in [1.82, 2.24) is 5.32 Å². The van der Waals surface area contributed by atoms with Gasteiger partial charge in [-0.15, -0.1) is 0 Å². The van der Waals surface area contributed by atoms with Crippen LogP contribution in [0.4, 0.5) is 0 Å². The fourth-order valence-corrected chi connectivity index (χ4v) is 3.76. The fraction of sp³-hybridized carbons (Fsp3) is 0.933. The molecule has 0 aromatic heterocycles. The number of nitrogens with one attached hydrogen (secondary N) is 1. The summed E-state index contributed by atoms with van der Waals surface area (Å²) in [5.41, 5.74) is 0.108.